The zero-order valence-corrected chi connectivity index (χ0v) is 60.5. The van der Waals surface area contributed by atoms with Crippen LogP contribution in [0.4, 0.5) is 26.2 Å². The number of rotatable bonds is 20. The van der Waals surface area contributed by atoms with Gasteiger partial charge in [0.25, 0.3) is 11.8 Å². The van der Waals surface area contributed by atoms with Gasteiger partial charge in [-0.15, -0.1) is 0 Å². The monoisotopic (exact) mass is 1450 g/mol. The summed E-state index contributed by atoms with van der Waals surface area (Å²) in [6.45, 7) is 16.4. The lowest BCUT2D eigenvalue weighted by atomic mass is 10.1. The average molecular weight is 1460 g/mol. The quantitative estimate of drug-likeness (QED) is 0.0413. The highest BCUT2D eigenvalue weighted by atomic mass is 35.5. The summed E-state index contributed by atoms with van der Waals surface area (Å²) in [5.41, 5.74) is 11.6. The fraction of sp³-hybridized carbons (Fsp3) is 0.236. The molecule has 4 amide bonds. The number of hydrogen-bond donors (Lipinski definition) is 4. The molecule has 0 spiro atoms. The van der Waals surface area contributed by atoms with E-state index in [0.29, 0.717) is 81.3 Å². The molecule has 8 heterocycles. The van der Waals surface area contributed by atoms with Crippen molar-refractivity contribution >= 4 is 177 Å². The number of benzene rings is 6. The Morgan fingerprint density at radius 1 is 0.545 bits per heavy atom. The van der Waals surface area contributed by atoms with Gasteiger partial charge in [0.2, 0.25) is 17.8 Å². The Bertz CT molecular complexity index is 4890. The minimum absolute atomic E-state index is 0.0572. The number of aryl methyl sites for hydroxylation is 9. The minimum Gasteiger partial charge on any atom is -0.361 e. The predicted molar refractivity (Wildman–Crippen MR) is 406 cm³/mol. The van der Waals surface area contributed by atoms with Crippen LogP contribution in [0, 0.1) is 47.5 Å². The van der Waals surface area contributed by atoms with E-state index >= 15 is 0 Å². The van der Waals surface area contributed by atoms with E-state index in [1.165, 1.54) is 34.0 Å². The molecule has 20 nitrogen and oxygen atoms in total. The third-order valence-electron chi connectivity index (χ3n) is 16.2. The van der Waals surface area contributed by atoms with Crippen molar-refractivity contribution in [2.45, 2.75) is 80.4 Å². The molecule has 0 saturated heterocycles. The Labute approximate surface area is 602 Å². The van der Waals surface area contributed by atoms with Crippen molar-refractivity contribution in [3.8, 4) is 0 Å². The van der Waals surface area contributed by atoms with E-state index in [1.807, 2.05) is 117 Å². The number of carbonyl (C=O) groups excluding carboxylic acids is 4. The van der Waals surface area contributed by atoms with Crippen LogP contribution in [0.5, 0.6) is 0 Å². The molecule has 0 radical (unpaired) electrons. The Morgan fingerprint density at radius 3 is 1.54 bits per heavy atom. The highest BCUT2D eigenvalue weighted by Gasteiger charge is 2.32. The second-order valence-corrected chi connectivity index (χ2v) is 29.3. The molecule has 1 unspecified atom stereocenters. The van der Waals surface area contributed by atoms with E-state index in [1.54, 1.807) is 82.6 Å². The molecule has 0 saturated carbocycles. The van der Waals surface area contributed by atoms with E-state index in [2.05, 4.69) is 82.2 Å². The van der Waals surface area contributed by atoms with Crippen molar-refractivity contribution in [1.82, 2.24) is 48.9 Å². The molecule has 1 atom stereocenters. The van der Waals surface area contributed by atoms with Gasteiger partial charge in [0.1, 0.15) is 5.92 Å². The Morgan fingerprint density at radius 2 is 1.02 bits per heavy atom. The molecule has 1 aliphatic rings. The predicted octanol–water partition coefficient (Wildman–Crippen LogP) is 16.6. The normalized spacial score (nSPS) is 12.8. The molecule has 1 aliphatic heterocycles. The number of nitrogens with zero attached hydrogens (tertiary/aromatic N) is 12. The average Bonchev–Trinajstić information content (AvgIpc) is 1.69. The molecule has 4 N–H and O–H groups in total. The van der Waals surface area contributed by atoms with Crippen molar-refractivity contribution in [1.29, 1.82) is 0 Å². The summed E-state index contributed by atoms with van der Waals surface area (Å²) in [5, 5.41) is 16.7. The number of guanidine groups is 1. The number of carbonyl (C=O) groups is 4. The van der Waals surface area contributed by atoms with Gasteiger partial charge in [-0.3, -0.25) is 39.3 Å². The van der Waals surface area contributed by atoms with Gasteiger partial charge in [0, 0.05) is 108 Å². The maximum atomic E-state index is 14.2. The second-order valence-electron chi connectivity index (χ2n) is 23.9. The van der Waals surface area contributed by atoms with E-state index in [0.717, 1.165) is 104 Å². The first-order valence-electron chi connectivity index (χ1n) is 31.9. The minimum atomic E-state index is -0.890. The molecule has 7 aromatic heterocycles. The van der Waals surface area contributed by atoms with Crippen LogP contribution in [-0.4, -0.2) is 99.4 Å². The lowest BCUT2D eigenvalue weighted by Crippen LogP contribution is -2.48. The van der Waals surface area contributed by atoms with Gasteiger partial charge in [0.15, 0.2) is 20.5 Å². The summed E-state index contributed by atoms with van der Waals surface area (Å²) in [6, 6.07) is 34.0. The second kappa shape index (κ2) is 31.6. The smallest absolute Gasteiger partial charge is 0.260 e. The third kappa shape index (κ3) is 17.4. The number of thiazole rings is 4. The molecular weight excluding hydrogens is 1390 g/mol. The first kappa shape index (κ1) is 69.5. The van der Waals surface area contributed by atoms with Gasteiger partial charge in [-0.2, -0.15) is 0 Å². The molecule has 506 valence electrons. The summed E-state index contributed by atoms with van der Waals surface area (Å²) < 4.78 is 10.2. The van der Waals surface area contributed by atoms with Crippen LogP contribution < -0.4 is 31.1 Å². The van der Waals surface area contributed by atoms with Crippen LogP contribution >= 0.6 is 80.1 Å². The van der Waals surface area contributed by atoms with E-state index in [9.17, 15) is 19.2 Å². The van der Waals surface area contributed by atoms with Crippen molar-refractivity contribution in [3.05, 3.63) is 219 Å². The van der Waals surface area contributed by atoms with Crippen LogP contribution in [0.3, 0.4) is 0 Å². The van der Waals surface area contributed by atoms with Gasteiger partial charge in [-0.05, 0) is 180 Å². The molecule has 0 fully saturated rings. The summed E-state index contributed by atoms with van der Waals surface area (Å²) in [7, 11) is 0. The number of aromatic nitrogens is 9. The number of amides is 4. The van der Waals surface area contributed by atoms with Gasteiger partial charge >= 0.3 is 0 Å². The molecule has 13 aromatic rings. The maximum absolute atomic E-state index is 14.2. The fourth-order valence-corrected chi connectivity index (χ4v) is 16.5. The number of aliphatic imine (C=N–C) groups is 1. The van der Waals surface area contributed by atoms with Gasteiger partial charge in [0.05, 0.1) is 60.1 Å². The largest absolute Gasteiger partial charge is 0.361 e. The lowest BCUT2D eigenvalue weighted by molar-refractivity contribution is -0.131. The van der Waals surface area contributed by atoms with Crippen molar-refractivity contribution in [3.63, 3.8) is 0 Å². The summed E-state index contributed by atoms with van der Waals surface area (Å²) >= 11 is 24.6. The van der Waals surface area contributed by atoms with Crippen LogP contribution in [0.15, 0.2) is 164 Å². The number of imidazole rings is 2. The molecule has 0 bridgehead atoms. The Balaban J connectivity index is 0.000000159. The Kier molecular flexibility index (Phi) is 22.2. The molecule has 27 heteroatoms. The van der Waals surface area contributed by atoms with E-state index < -0.39 is 11.8 Å². The first-order chi connectivity index (χ1) is 47.8. The lowest BCUT2D eigenvalue weighted by Gasteiger charge is -2.21. The fourth-order valence-electron chi connectivity index (χ4n) is 11.2. The number of anilines is 5. The maximum Gasteiger partial charge on any atom is 0.260 e. The Hall–Kier alpha value is -9.40. The van der Waals surface area contributed by atoms with E-state index in [-0.39, 0.29) is 30.2 Å². The zero-order chi connectivity index (χ0) is 69.3. The number of halogens is 3. The van der Waals surface area contributed by atoms with Gasteiger partial charge in [-0.25, -0.2) is 29.9 Å². The molecule has 99 heavy (non-hydrogen) atoms. The standard InChI is InChI=1S/C37H35ClN8O2S2.C20H18ClN5O2S.C15H16ClN3S/c1-24-18-25(2)32-30(19-24)49-36(41-32)45(14-4-12-43-16-10-39-22-43)34(47)27-6-8-28(9-7-27)35(48)46(15-5-13-44-17-11-40-23-44)37-42-33-26(3)20-29(38)21-31(33)50-37;1-10-3-5-13(6-4-10)23-17(27)14-9-22-19(25-18(14)28)26-20-24-16-11(2)7-12(21)8-15(16)29-20;1-11-9-12(16)10-13-14(11)18-15(20-13)17-5-4-8-19-6-2-3-7-19/h6-11,16-23H,4-5,12-15H2,1-3H3;3-8,14H,9H2,1-2H3,(H,23,27)(H2,22,24,25,26,28);2-3,6-7,9-10H,4-5,8H2,1H3,(H,17,18). The number of fused-ring (bicyclic) bond motifs is 4. The van der Waals surface area contributed by atoms with Crippen LogP contribution in [0.25, 0.3) is 40.9 Å². The highest BCUT2D eigenvalue weighted by Crippen LogP contribution is 2.37. The van der Waals surface area contributed by atoms with Gasteiger partial charge < -0.3 is 29.7 Å². The van der Waals surface area contributed by atoms with E-state index in [4.69, 9.17) is 44.8 Å². The highest BCUT2D eigenvalue weighted by molar-refractivity contribution is 7.23. The molecule has 14 rings (SSSR count). The van der Waals surface area contributed by atoms with Crippen LogP contribution in [0.1, 0.15) is 73.4 Å². The van der Waals surface area contributed by atoms with Crippen molar-refractivity contribution in [2.75, 3.05) is 51.9 Å². The van der Waals surface area contributed by atoms with Crippen LogP contribution in [-0.2, 0) is 29.2 Å². The number of hydrogen-bond acceptors (Lipinski definition) is 17. The molecular formula is C72H69Cl3N16O4S4. The van der Waals surface area contributed by atoms with Crippen molar-refractivity contribution < 1.29 is 19.2 Å². The van der Waals surface area contributed by atoms with Gasteiger partial charge in [-0.1, -0.05) is 104 Å². The molecule has 6 aromatic carbocycles. The topological polar surface area (TPSA) is 227 Å². The summed E-state index contributed by atoms with van der Waals surface area (Å²) in [5.74, 6) is -1.77. The zero-order valence-electron chi connectivity index (χ0n) is 54.9. The van der Waals surface area contributed by atoms with Crippen LogP contribution in [0.2, 0.25) is 15.1 Å². The van der Waals surface area contributed by atoms with Crippen molar-refractivity contribution in [2.24, 2.45) is 10.9 Å². The SMILES string of the molecule is Cc1cc(C)c2nc(N(CCCn3ccnc3)C(=O)c3ccc(C(=O)N(CCCn4ccnc4)c4nc5c(C)cc(Cl)cc5s4)cc3)sc2c1.Cc1cc(Cl)cc2sc(NCCCn3cccc3)nc12.Cc1ccc(NC(=O)C2CN=C(Nc3nc4c(C)cc(Cl)cc4s3)NC2=O)cc1. The third-order valence-corrected chi connectivity index (χ3v) is 20.8. The molecule has 0 aliphatic carbocycles. The first-order valence-corrected chi connectivity index (χ1v) is 36.3. The summed E-state index contributed by atoms with van der Waals surface area (Å²) in [6.07, 6.45) is 17.5. The summed E-state index contributed by atoms with van der Waals surface area (Å²) in [4.78, 5) is 88.2. The number of nitrogens with one attached hydrogen (secondary N) is 4.